The summed E-state index contributed by atoms with van der Waals surface area (Å²) in [7, 11) is 0. The normalized spacial score (nSPS) is 21.6. The molecule has 236 valence electrons. The van der Waals surface area contributed by atoms with Crippen LogP contribution in [0.4, 0.5) is 0 Å². The highest BCUT2D eigenvalue weighted by Gasteiger charge is 2.46. The molecular formula is C30H26O15. The Labute approximate surface area is 251 Å². The van der Waals surface area contributed by atoms with Crippen molar-refractivity contribution >= 4 is 23.0 Å². The molecule has 15 heteroatoms. The Bertz CT molecular complexity index is 1850. The second-order valence-corrected chi connectivity index (χ2v) is 9.98. The zero-order chi connectivity index (χ0) is 32.6. The summed E-state index contributed by atoms with van der Waals surface area (Å²) in [5.74, 6) is -5.06. The van der Waals surface area contributed by atoms with Gasteiger partial charge in [-0.25, -0.2) is 4.79 Å². The van der Waals surface area contributed by atoms with Crippen LogP contribution in [-0.4, -0.2) is 89.2 Å². The van der Waals surface area contributed by atoms with Crippen molar-refractivity contribution in [3.8, 4) is 51.6 Å². The molecule has 2 heterocycles. The van der Waals surface area contributed by atoms with Crippen molar-refractivity contribution in [1.82, 2.24) is 0 Å². The topological polar surface area (TPSA) is 257 Å². The van der Waals surface area contributed by atoms with Gasteiger partial charge in [-0.1, -0.05) is 6.07 Å². The van der Waals surface area contributed by atoms with E-state index in [-0.39, 0.29) is 16.9 Å². The van der Waals surface area contributed by atoms with Gasteiger partial charge < -0.3 is 64.6 Å². The van der Waals surface area contributed by atoms with E-state index in [0.717, 1.165) is 30.3 Å². The monoisotopic (exact) mass is 626 g/mol. The molecular weight excluding hydrogens is 600 g/mol. The number of carbonyl (C=O) groups is 1. The lowest BCUT2D eigenvalue weighted by Crippen LogP contribution is -2.60. The maximum Gasteiger partial charge on any atom is 0.330 e. The summed E-state index contributed by atoms with van der Waals surface area (Å²) >= 11 is 0. The van der Waals surface area contributed by atoms with Crippen LogP contribution in [0, 0.1) is 0 Å². The minimum atomic E-state index is -1.97. The minimum Gasteiger partial charge on any atom is -0.508 e. The van der Waals surface area contributed by atoms with Gasteiger partial charge in [-0.05, 0) is 42.0 Å². The van der Waals surface area contributed by atoms with Gasteiger partial charge in [0.05, 0.1) is 0 Å². The standard InChI is InChI=1S/C30H26O15/c31-14-9-19(36)23-20(10-14)43-28(13-3-5-16(33)18(35)8-13)29(25(23)39)45-30-27(41)26(40)24(38)21(44-30)11-42-22(37)6-2-12-1-4-15(32)17(34)7-12/h1-10,21,24,26-27,30-36,38,40-41H,11H2/t21-,24-,26-,27+,30-/m0/s1. The van der Waals surface area contributed by atoms with Gasteiger partial charge in [-0.3, -0.25) is 4.79 Å². The first-order valence-electron chi connectivity index (χ1n) is 13.1. The van der Waals surface area contributed by atoms with E-state index in [0.29, 0.717) is 5.56 Å². The van der Waals surface area contributed by atoms with E-state index in [2.05, 4.69) is 0 Å². The lowest BCUT2D eigenvalue weighted by atomic mass is 9.99. The molecule has 45 heavy (non-hydrogen) atoms. The van der Waals surface area contributed by atoms with Gasteiger partial charge in [0.2, 0.25) is 17.5 Å². The van der Waals surface area contributed by atoms with Crippen molar-refractivity contribution < 1.29 is 69.4 Å². The number of aliphatic hydroxyl groups excluding tert-OH is 3. The largest absolute Gasteiger partial charge is 0.508 e. The number of aromatic hydroxyl groups is 6. The quantitative estimate of drug-likeness (QED) is 0.0791. The van der Waals surface area contributed by atoms with Gasteiger partial charge in [0, 0.05) is 23.8 Å². The third-order valence-electron chi connectivity index (χ3n) is 6.86. The predicted molar refractivity (Wildman–Crippen MR) is 152 cm³/mol. The highest BCUT2D eigenvalue weighted by Crippen LogP contribution is 2.39. The Morgan fingerprint density at radius 2 is 1.49 bits per heavy atom. The van der Waals surface area contributed by atoms with Crippen LogP contribution in [0.25, 0.3) is 28.4 Å². The molecule has 1 aliphatic heterocycles. The average molecular weight is 627 g/mol. The molecule has 0 amide bonds. The van der Waals surface area contributed by atoms with Crippen molar-refractivity contribution in [3.63, 3.8) is 0 Å². The first-order valence-corrected chi connectivity index (χ1v) is 13.1. The van der Waals surface area contributed by atoms with Gasteiger partial charge in [0.25, 0.3) is 0 Å². The first kappa shape index (κ1) is 31.0. The fourth-order valence-electron chi connectivity index (χ4n) is 4.52. The minimum absolute atomic E-state index is 0.0350. The van der Waals surface area contributed by atoms with Crippen molar-refractivity contribution in [2.75, 3.05) is 6.61 Å². The molecule has 15 nitrogen and oxygen atoms in total. The molecule has 1 aliphatic rings. The molecule has 0 radical (unpaired) electrons. The van der Waals surface area contributed by atoms with Crippen LogP contribution in [0.1, 0.15) is 5.56 Å². The number of esters is 1. The second kappa shape index (κ2) is 12.3. The smallest absolute Gasteiger partial charge is 0.330 e. The average Bonchev–Trinajstić information content (AvgIpc) is 2.99. The number of phenols is 6. The molecule has 0 unspecified atom stereocenters. The first-order chi connectivity index (χ1) is 21.3. The number of fused-ring (bicyclic) bond motifs is 1. The lowest BCUT2D eigenvalue weighted by Gasteiger charge is -2.39. The molecule has 5 rings (SSSR count). The summed E-state index contributed by atoms with van der Waals surface area (Å²) in [4.78, 5) is 25.8. The number of ether oxygens (including phenoxy) is 3. The van der Waals surface area contributed by atoms with E-state index in [1.165, 1.54) is 30.3 Å². The number of rotatable bonds is 7. The molecule has 9 N–H and O–H groups in total. The van der Waals surface area contributed by atoms with Crippen LogP contribution in [0.3, 0.4) is 0 Å². The van der Waals surface area contributed by atoms with Crippen molar-refractivity contribution in [3.05, 3.63) is 70.4 Å². The molecule has 1 saturated heterocycles. The Morgan fingerprint density at radius 3 is 2.18 bits per heavy atom. The molecule has 0 bridgehead atoms. The van der Waals surface area contributed by atoms with Crippen LogP contribution in [-0.2, 0) is 14.3 Å². The maximum atomic E-state index is 13.6. The fraction of sp³-hybridized carbons (Fsp3) is 0.200. The summed E-state index contributed by atoms with van der Waals surface area (Å²) < 4.78 is 22.0. The van der Waals surface area contributed by atoms with Crippen LogP contribution in [0.2, 0.25) is 0 Å². The van der Waals surface area contributed by atoms with Crippen LogP contribution in [0.15, 0.2) is 63.8 Å². The number of carbonyl (C=O) groups excluding carboxylic acids is 1. The van der Waals surface area contributed by atoms with E-state index in [1.54, 1.807) is 0 Å². The molecule has 0 aliphatic carbocycles. The molecule has 3 aromatic carbocycles. The maximum absolute atomic E-state index is 13.6. The molecule has 0 saturated carbocycles. The summed E-state index contributed by atoms with van der Waals surface area (Å²) in [6, 6.07) is 9.02. The van der Waals surface area contributed by atoms with E-state index in [1.807, 2.05) is 0 Å². The summed E-state index contributed by atoms with van der Waals surface area (Å²) in [5.41, 5.74) is -1.02. The van der Waals surface area contributed by atoms with E-state index < -0.39 is 94.4 Å². The number of aliphatic hydroxyl groups is 3. The number of hydrogen-bond donors (Lipinski definition) is 9. The van der Waals surface area contributed by atoms with E-state index in [4.69, 9.17) is 18.6 Å². The van der Waals surface area contributed by atoms with Gasteiger partial charge in [0.15, 0.2) is 28.8 Å². The number of phenolic OH excluding ortho intramolecular Hbond substituents is 6. The highest BCUT2D eigenvalue weighted by molar-refractivity contribution is 5.88. The molecule has 0 spiro atoms. The Balaban J connectivity index is 1.43. The number of benzene rings is 3. The Kier molecular flexibility index (Phi) is 8.43. The summed E-state index contributed by atoms with van der Waals surface area (Å²) in [6.07, 6.45) is -6.85. The molecule has 1 fully saturated rings. The van der Waals surface area contributed by atoms with Gasteiger partial charge in [-0.15, -0.1) is 0 Å². The third kappa shape index (κ3) is 6.27. The van der Waals surface area contributed by atoms with Crippen molar-refractivity contribution in [1.29, 1.82) is 0 Å². The van der Waals surface area contributed by atoms with Gasteiger partial charge in [0.1, 0.15) is 53.5 Å². The fourth-order valence-corrected chi connectivity index (χ4v) is 4.52. The third-order valence-corrected chi connectivity index (χ3v) is 6.86. The predicted octanol–water partition coefficient (Wildman–Crippen LogP) is 1.14. The van der Waals surface area contributed by atoms with Gasteiger partial charge >= 0.3 is 5.97 Å². The van der Waals surface area contributed by atoms with E-state index >= 15 is 0 Å². The van der Waals surface area contributed by atoms with Crippen molar-refractivity contribution in [2.45, 2.75) is 30.7 Å². The summed E-state index contributed by atoms with van der Waals surface area (Å²) in [5, 5.41) is 90.2. The van der Waals surface area contributed by atoms with Crippen LogP contribution >= 0.6 is 0 Å². The van der Waals surface area contributed by atoms with E-state index in [9.17, 15) is 55.5 Å². The second-order valence-electron chi connectivity index (χ2n) is 9.98. The summed E-state index contributed by atoms with van der Waals surface area (Å²) in [6.45, 7) is -0.667. The van der Waals surface area contributed by atoms with Gasteiger partial charge in [-0.2, -0.15) is 0 Å². The van der Waals surface area contributed by atoms with Crippen LogP contribution in [0.5, 0.6) is 40.2 Å². The van der Waals surface area contributed by atoms with Crippen LogP contribution < -0.4 is 10.2 Å². The number of hydrogen-bond acceptors (Lipinski definition) is 15. The van der Waals surface area contributed by atoms with Crippen molar-refractivity contribution in [2.24, 2.45) is 0 Å². The Morgan fingerprint density at radius 1 is 0.800 bits per heavy atom. The zero-order valence-electron chi connectivity index (χ0n) is 22.8. The zero-order valence-corrected chi connectivity index (χ0v) is 22.8. The molecule has 4 aromatic rings. The lowest BCUT2D eigenvalue weighted by molar-refractivity contribution is -0.278. The molecule has 1 aromatic heterocycles. The Hall–Kier alpha value is -5.48. The molecule has 5 atom stereocenters. The highest BCUT2D eigenvalue weighted by atomic mass is 16.7. The SMILES string of the molecule is O=C(C=Cc1ccc(O)c(O)c1)OC[C@@H]1O[C@@H](Oc2c(-c3ccc(O)c(O)c3)oc3cc(O)cc(O)c3c2=O)[C@H](O)[C@@H](O)[C@H]1O.